The molecule has 106 valence electrons. The standard InChI is InChI=1S/C18H16FNO/c1-20-10-14-9-15(19)3-4-16(14)17(11-20)12-2-5-18-13(8-12)6-7-21-18/h2-9,17H,10-11H2,1H3. The van der Waals surface area contributed by atoms with E-state index in [0.717, 1.165) is 29.6 Å². The van der Waals surface area contributed by atoms with Gasteiger partial charge in [0.05, 0.1) is 6.26 Å². The van der Waals surface area contributed by atoms with Gasteiger partial charge in [-0.1, -0.05) is 12.1 Å². The van der Waals surface area contributed by atoms with Crippen LogP contribution in [0.4, 0.5) is 4.39 Å². The average molecular weight is 281 g/mol. The first-order valence-electron chi connectivity index (χ1n) is 7.15. The number of nitrogens with zero attached hydrogens (tertiary/aromatic N) is 1. The smallest absolute Gasteiger partial charge is 0.133 e. The fraction of sp³-hybridized carbons (Fsp3) is 0.222. The highest BCUT2D eigenvalue weighted by Gasteiger charge is 2.25. The molecule has 3 heteroatoms. The van der Waals surface area contributed by atoms with E-state index in [9.17, 15) is 4.39 Å². The lowest BCUT2D eigenvalue weighted by Gasteiger charge is -2.32. The molecule has 21 heavy (non-hydrogen) atoms. The zero-order valence-corrected chi connectivity index (χ0v) is 11.8. The Morgan fingerprint density at radius 1 is 1.14 bits per heavy atom. The molecule has 2 nitrogen and oxygen atoms in total. The number of hydrogen-bond donors (Lipinski definition) is 0. The molecular formula is C18H16FNO. The van der Waals surface area contributed by atoms with Gasteiger partial charge in [-0.05, 0) is 54.1 Å². The van der Waals surface area contributed by atoms with E-state index in [1.165, 1.54) is 11.1 Å². The number of benzene rings is 2. The number of likely N-dealkylation sites (N-methyl/N-ethyl adjacent to an activating group) is 1. The average Bonchev–Trinajstić information content (AvgIpc) is 2.93. The van der Waals surface area contributed by atoms with Crippen molar-refractivity contribution in [2.24, 2.45) is 0 Å². The third-order valence-corrected chi connectivity index (χ3v) is 4.29. The van der Waals surface area contributed by atoms with Crippen molar-refractivity contribution in [1.82, 2.24) is 4.90 Å². The topological polar surface area (TPSA) is 16.4 Å². The van der Waals surface area contributed by atoms with Gasteiger partial charge in [0.1, 0.15) is 11.4 Å². The van der Waals surface area contributed by atoms with Crippen molar-refractivity contribution in [1.29, 1.82) is 0 Å². The maximum atomic E-state index is 13.5. The summed E-state index contributed by atoms with van der Waals surface area (Å²) in [6.07, 6.45) is 1.71. The Bertz CT molecular complexity index is 808. The number of hydrogen-bond acceptors (Lipinski definition) is 2. The summed E-state index contributed by atoms with van der Waals surface area (Å²) in [5.41, 5.74) is 4.48. The van der Waals surface area contributed by atoms with E-state index in [-0.39, 0.29) is 11.7 Å². The third kappa shape index (κ3) is 2.14. The quantitative estimate of drug-likeness (QED) is 0.666. The van der Waals surface area contributed by atoms with Crippen molar-refractivity contribution in [3.05, 3.63) is 71.2 Å². The van der Waals surface area contributed by atoms with E-state index in [4.69, 9.17) is 4.42 Å². The van der Waals surface area contributed by atoms with E-state index in [0.29, 0.717) is 0 Å². The largest absolute Gasteiger partial charge is 0.464 e. The van der Waals surface area contributed by atoms with Crippen LogP contribution >= 0.6 is 0 Å². The third-order valence-electron chi connectivity index (χ3n) is 4.29. The van der Waals surface area contributed by atoms with E-state index >= 15 is 0 Å². The Balaban J connectivity index is 1.84. The maximum absolute atomic E-state index is 13.5. The summed E-state index contributed by atoms with van der Waals surface area (Å²) < 4.78 is 18.9. The molecule has 0 saturated heterocycles. The van der Waals surface area contributed by atoms with E-state index in [1.807, 2.05) is 18.2 Å². The Morgan fingerprint density at radius 3 is 2.95 bits per heavy atom. The zero-order valence-electron chi connectivity index (χ0n) is 11.8. The molecule has 0 bridgehead atoms. The summed E-state index contributed by atoms with van der Waals surface area (Å²) in [7, 11) is 2.08. The van der Waals surface area contributed by atoms with Crippen LogP contribution in [0, 0.1) is 5.82 Å². The van der Waals surface area contributed by atoms with Crippen LogP contribution < -0.4 is 0 Å². The van der Waals surface area contributed by atoms with Crippen molar-refractivity contribution in [2.45, 2.75) is 12.5 Å². The summed E-state index contributed by atoms with van der Waals surface area (Å²) in [6, 6.07) is 13.4. The lowest BCUT2D eigenvalue weighted by molar-refractivity contribution is 0.294. The van der Waals surface area contributed by atoms with Crippen LogP contribution in [0.25, 0.3) is 11.0 Å². The summed E-state index contributed by atoms with van der Waals surface area (Å²) in [5.74, 6) is 0.117. The van der Waals surface area contributed by atoms with E-state index in [1.54, 1.807) is 18.4 Å². The Hall–Kier alpha value is -2.13. The molecule has 0 amide bonds. The molecule has 0 spiro atoms. The number of halogens is 1. The van der Waals surface area contributed by atoms with Gasteiger partial charge in [0.2, 0.25) is 0 Å². The van der Waals surface area contributed by atoms with Crippen molar-refractivity contribution >= 4 is 11.0 Å². The van der Waals surface area contributed by atoms with Crippen LogP contribution in [0.5, 0.6) is 0 Å². The van der Waals surface area contributed by atoms with Gasteiger partial charge in [0.15, 0.2) is 0 Å². The summed E-state index contributed by atoms with van der Waals surface area (Å²) >= 11 is 0. The first-order valence-corrected chi connectivity index (χ1v) is 7.15. The van der Waals surface area contributed by atoms with Gasteiger partial charge in [-0.15, -0.1) is 0 Å². The fourth-order valence-corrected chi connectivity index (χ4v) is 3.30. The van der Waals surface area contributed by atoms with Crippen LogP contribution in [-0.2, 0) is 6.54 Å². The molecular weight excluding hydrogens is 265 g/mol. The highest BCUT2D eigenvalue weighted by atomic mass is 19.1. The van der Waals surface area contributed by atoms with Crippen LogP contribution in [0.15, 0.2) is 53.1 Å². The second-order valence-corrected chi connectivity index (χ2v) is 5.81. The van der Waals surface area contributed by atoms with Gasteiger partial charge in [0.25, 0.3) is 0 Å². The molecule has 1 aliphatic rings. The van der Waals surface area contributed by atoms with Crippen molar-refractivity contribution in [3.63, 3.8) is 0 Å². The summed E-state index contributed by atoms with van der Waals surface area (Å²) in [4.78, 5) is 2.24. The molecule has 2 aromatic carbocycles. The van der Waals surface area contributed by atoms with E-state index < -0.39 is 0 Å². The molecule has 1 aliphatic heterocycles. The minimum Gasteiger partial charge on any atom is -0.464 e. The first-order chi connectivity index (χ1) is 10.2. The molecule has 0 N–H and O–H groups in total. The van der Waals surface area contributed by atoms with E-state index in [2.05, 4.69) is 24.1 Å². The number of furan rings is 1. The van der Waals surface area contributed by atoms with Crippen molar-refractivity contribution < 1.29 is 8.81 Å². The normalized spacial score (nSPS) is 18.9. The zero-order chi connectivity index (χ0) is 14.4. The predicted octanol–water partition coefficient (Wildman–Crippen LogP) is 4.15. The van der Waals surface area contributed by atoms with Gasteiger partial charge >= 0.3 is 0 Å². The van der Waals surface area contributed by atoms with Crippen LogP contribution in [0.3, 0.4) is 0 Å². The summed E-state index contributed by atoms with van der Waals surface area (Å²) in [6.45, 7) is 1.75. The summed E-state index contributed by atoms with van der Waals surface area (Å²) in [5, 5.41) is 1.12. The molecule has 0 saturated carbocycles. The lowest BCUT2D eigenvalue weighted by atomic mass is 9.84. The fourth-order valence-electron chi connectivity index (χ4n) is 3.30. The molecule has 1 unspecified atom stereocenters. The highest BCUT2D eigenvalue weighted by Crippen LogP contribution is 2.34. The Kier molecular flexibility index (Phi) is 2.82. The van der Waals surface area contributed by atoms with Gasteiger partial charge in [-0.3, -0.25) is 0 Å². The molecule has 0 aliphatic carbocycles. The van der Waals surface area contributed by atoms with Gasteiger partial charge in [0, 0.05) is 24.4 Å². The molecule has 3 aromatic rings. The molecule has 1 aromatic heterocycles. The SMILES string of the molecule is CN1Cc2cc(F)ccc2C(c2ccc3occc3c2)C1. The minimum absolute atomic E-state index is 0.159. The molecule has 4 rings (SSSR count). The van der Waals surface area contributed by atoms with Crippen molar-refractivity contribution in [3.8, 4) is 0 Å². The van der Waals surface area contributed by atoms with Crippen LogP contribution in [0.2, 0.25) is 0 Å². The second kappa shape index (κ2) is 4.71. The molecule has 1 atom stereocenters. The predicted molar refractivity (Wildman–Crippen MR) is 80.8 cm³/mol. The van der Waals surface area contributed by atoms with Crippen molar-refractivity contribution in [2.75, 3.05) is 13.6 Å². The number of rotatable bonds is 1. The maximum Gasteiger partial charge on any atom is 0.133 e. The lowest BCUT2D eigenvalue weighted by Crippen LogP contribution is -2.31. The molecule has 0 radical (unpaired) electrons. The highest BCUT2D eigenvalue weighted by molar-refractivity contribution is 5.78. The minimum atomic E-state index is -0.159. The first kappa shape index (κ1) is 12.6. The number of fused-ring (bicyclic) bond motifs is 2. The van der Waals surface area contributed by atoms with Crippen LogP contribution in [-0.4, -0.2) is 18.5 Å². The molecule has 2 heterocycles. The van der Waals surface area contributed by atoms with Crippen LogP contribution in [0.1, 0.15) is 22.6 Å². The molecule has 0 fully saturated rings. The Morgan fingerprint density at radius 2 is 2.05 bits per heavy atom. The van der Waals surface area contributed by atoms with Gasteiger partial charge in [-0.25, -0.2) is 4.39 Å². The Labute approximate surface area is 122 Å². The van der Waals surface area contributed by atoms with Gasteiger partial charge < -0.3 is 9.32 Å². The monoisotopic (exact) mass is 281 g/mol. The van der Waals surface area contributed by atoms with Gasteiger partial charge in [-0.2, -0.15) is 0 Å². The second-order valence-electron chi connectivity index (χ2n) is 5.81.